The maximum Gasteiger partial charge on any atom is 0.330 e. The minimum atomic E-state index is -2.61. The standard InChI is InChI=1S/C6H13O3P/c1-2-6-10(7)8-4-3-5-9-10/h2-6H2,1H3. The van der Waals surface area contributed by atoms with Gasteiger partial charge in [-0.2, -0.15) is 0 Å². The average Bonchev–Trinajstić information content (AvgIpc) is 1.89. The van der Waals surface area contributed by atoms with Gasteiger partial charge in [0.15, 0.2) is 0 Å². The zero-order valence-electron chi connectivity index (χ0n) is 6.21. The van der Waals surface area contributed by atoms with Crippen molar-refractivity contribution in [3.05, 3.63) is 0 Å². The molecule has 0 aliphatic carbocycles. The van der Waals surface area contributed by atoms with Crippen molar-refractivity contribution in [2.75, 3.05) is 19.4 Å². The van der Waals surface area contributed by atoms with Crippen LogP contribution in [0.25, 0.3) is 0 Å². The summed E-state index contributed by atoms with van der Waals surface area (Å²) in [5.41, 5.74) is 0. The molecular formula is C6H13O3P. The van der Waals surface area contributed by atoms with Crippen LogP contribution in [0, 0.1) is 0 Å². The van der Waals surface area contributed by atoms with Gasteiger partial charge in [-0.3, -0.25) is 4.57 Å². The van der Waals surface area contributed by atoms with E-state index in [-0.39, 0.29) is 0 Å². The van der Waals surface area contributed by atoms with Crippen LogP contribution in [0.1, 0.15) is 19.8 Å². The predicted molar refractivity (Wildman–Crippen MR) is 39.3 cm³/mol. The van der Waals surface area contributed by atoms with Crippen LogP contribution in [-0.4, -0.2) is 19.4 Å². The molecule has 1 fully saturated rings. The van der Waals surface area contributed by atoms with E-state index in [1.165, 1.54) is 0 Å². The number of hydrogen-bond donors (Lipinski definition) is 0. The SMILES string of the molecule is CCCP1(=O)OCCCO1. The van der Waals surface area contributed by atoms with Crippen molar-refractivity contribution in [1.82, 2.24) is 0 Å². The highest BCUT2D eigenvalue weighted by Crippen LogP contribution is 2.50. The van der Waals surface area contributed by atoms with E-state index in [2.05, 4.69) is 0 Å². The summed E-state index contributed by atoms with van der Waals surface area (Å²) in [6.45, 7) is 3.16. The molecule has 3 nitrogen and oxygen atoms in total. The van der Waals surface area contributed by atoms with E-state index in [4.69, 9.17) is 9.05 Å². The Hall–Kier alpha value is 0.150. The molecule has 10 heavy (non-hydrogen) atoms. The third kappa shape index (κ3) is 2.08. The Bertz CT molecular complexity index is 128. The van der Waals surface area contributed by atoms with Gasteiger partial charge in [0.05, 0.1) is 13.2 Å². The second-order valence-electron chi connectivity index (χ2n) is 2.35. The first-order valence-corrected chi connectivity index (χ1v) is 5.38. The molecule has 0 radical (unpaired) electrons. The van der Waals surface area contributed by atoms with E-state index in [0.717, 1.165) is 12.8 Å². The molecule has 0 amide bonds. The molecule has 0 unspecified atom stereocenters. The van der Waals surface area contributed by atoms with E-state index in [9.17, 15) is 4.57 Å². The van der Waals surface area contributed by atoms with Gasteiger partial charge in [0.1, 0.15) is 0 Å². The molecule has 4 heteroatoms. The maximum absolute atomic E-state index is 11.4. The second-order valence-corrected chi connectivity index (χ2v) is 4.54. The Kier molecular flexibility index (Phi) is 2.90. The van der Waals surface area contributed by atoms with Crippen LogP contribution in [0.15, 0.2) is 0 Å². The largest absolute Gasteiger partial charge is 0.330 e. The first-order valence-electron chi connectivity index (χ1n) is 3.65. The molecule has 0 aromatic rings. The fourth-order valence-electron chi connectivity index (χ4n) is 0.906. The smallest absolute Gasteiger partial charge is 0.308 e. The molecule has 0 aromatic carbocycles. The zero-order chi connectivity index (χ0) is 7.45. The van der Waals surface area contributed by atoms with Gasteiger partial charge >= 0.3 is 7.60 Å². The van der Waals surface area contributed by atoms with Crippen molar-refractivity contribution in [1.29, 1.82) is 0 Å². The highest BCUT2D eigenvalue weighted by molar-refractivity contribution is 7.53. The average molecular weight is 164 g/mol. The van der Waals surface area contributed by atoms with Crippen LogP contribution in [0.3, 0.4) is 0 Å². The normalized spacial score (nSPS) is 24.5. The zero-order valence-corrected chi connectivity index (χ0v) is 7.10. The molecule has 1 heterocycles. The molecule has 0 bridgehead atoms. The minimum Gasteiger partial charge on any atom is -0.308 e. The highest BCUT2D eigenvalue weighted by atomic mass is 31.2. The molecule has 1 aliphatic rings. The van der Waals surface area contributed by atoms with Crippen molar-refractivity contribution < 1.29 is 13.6 Å². The molecule has 1 rings (SSSR count). The van der Waals surface area contributed by atoms with Crippen LogP contribution in [-0.2, 0) is 13.6 Å². The monoisotopic (exact) mass is 164 g/mol. The van der Waals surface area contributed by atoms with Gasteiger partial charge in [-0.1, -0.05) is 6.92 Å². The summed E-state index contributed by atoms with van der Waals surface area (Å²) in [5, 5.41) is 0. The second kappa shape index (κ2) is 3.51. The fourth-order valence-corrected chi connectivity index (χ4v) is 2.60. The lowest BCUT2D eigenvalue weighted by Crippen LogP contribution is -2.09. The lowest BCUT2D eigenvalue weighted by Gasteiger charge is -2.22. The molecule has 1 aliphatic heterocycles. The van der Waals surface area contributed by atoms with E-state index in [0.29, 0.717) is 19.4 Å². The fraction of sp³-hybridized carbons (Fsp3) is 1.00. The van der Waals surface area contributed by atoms with Gasteiger partial charge in [-0.25, -0.2) is 0 Å². The summed E-state index contributed by atoms with van der Waals surface area (Å²) in [6, 6.07) is 0. The van der Waals surface area contributed by atoms with E-state index in [1.807, 2.05) is 6.92 Å². The van der Waals surface area contributed by atoms with Gasteiger partial charge in [-0.15, -0.1) is 0 Å². The van der Waals surface area contributed by atoms with Crippen LogP contribution in [0.2, 0.25) is 0 Å². The van der Waals surface area contributed by atoms with Crippen LogP contribution in [0.5, 0.6) is 0 Å². The van der Waals surface area contributed by atoms with Gasteiger partial charge in [0.2, 0.25) is 0 Å². The predicted octanol–water partition coefficient (Wildman–Crippen LogP) is 2.03. The number of rotatable bonds is 2. The summed E-state index contributed by atoms with van der Waals surface area (Å²) < 4.78 is 21.5. The van der Waals surface area contributed by atoms with Crippen molar-refractivity contribution in [3.8, 4) is 0 Å². The highest BCUT2D eigenvalue weighted by Gasteiger charge is 2.25. The molecule has 1 saturated heterocycles. The first kappa shape index (κ1) is 8.25. The van der Waals surface area contributed by atoms with Crippen LogP contribution < -0.4 is 0 Å². The first-order chi connectivity index (χ1) is 4.77. The van der Waals surface area contributed by atoms with Gasteiger partial charge in [0.25, 0.3) is 0 Å². The van der Waals surface area contributed by atoms with Crippen LogP contribution in [0.4, 0.5) is 0 Å². The molecular weight excluding hydrogens is 151 g/mol. The van der Waals surface area contributed by atoms with Gasteiger partial charge in [0, 0.05) is 6.16 Å². The lowest BCUT2D eigenvalue weighted by molar-refractivity contribution is 0.146. The summed E-state index contributed by atoms with van der Waals surface area (Å²) in [5.74, 6) is 0. The Morgan fingerprint density at radius 3 is 2.50 bits per heavy atom. The Morgan fingerprint density at radius 1 is 1.40 bits per heavy atom. The van der Waals surface area contributed by atoms with Gasteiger partial charge in [-0.05, 0) is 12.8 Å². The Morgan fingerprint density at radius 2 is 2.00 bits per heavy atom. The third-order valence-corrected chi connectivity index (χ3v) is 3.51. The van der Waals surface area contributed by atoms with E-state index < -0.39 is 7.60 Å². The van der Waals surface area contributed by atoms with Crippen molar-refractivity contribution in [2.24, 2.45) is 0 Å². The van der Waals surface area contributed by atoms with Crippen molar-refractivity contribution in [3.63, 3.8) is 0 Å². The van der Waals surface area contributed by atoms with Gasteiger partial charge < -0.3 is 9.05 Å². The van der Waals surface area contributed by atoms with E-state index in [1.54, 1.807) is 0 Å². The maximum atomic E-state index is 11.4. The molecule has 60 valence electrons. The summed E-state index contributed by atoms with van der Waals surface area (Å²) >= 11 is 0. The Labute approximate surface area is 61.2 Å². The third-order valence-electron chi connectivity index (χ3n) is 1.36. The molecule has 0 aromatic heterocycles. The molecule has 0 N–H and O–H groups in total. The van der Waals surface area contributed by atoms with Crippen molar-refractivity contribution in [2.45, 2.75) is 19.8 Å². The van der Waals surface area contributed by atoms with Crippen LogP contribution >= 0.6 is 7.60 Å². The molecule has 0 spiro atoms. The molecule has 0 saturated carbocycles. The topological polar surface area (TPSA) is 35.5 Å². The van der Waals surface area contributed by atoms with Crippen molar-refractivity contribution >= 4 is 7.60 Å². The molecule has 0 atom stereocenters. The summed E-state index contributed by atoms with van der Waals surface area (Å²) in [7, 11) is -2.61. The summed E-state index contributed by atoms with van der Waals surface area (Å²) in [6.07, 6.45) is 2.29. The number of hydrogen-bond acceptors (Lipinski definition) is 3. The summed E-state index contributed by atoms with van der Waals surface area (Å²) in [4.78, 5) is 0. The van der Waals surface area contributed by atoms with E-state index >= 15 is 0 Å². The minimum absolute atomic E-state index is 0.562. The quantitative estimate of drug-likeness (QED) is 0.586. The lowest BCUT2D eigenvalue weighted by atomic mass is 10.5. The Balaban J connectivity index is 2.41.